The van der Waals surface area contributed by atoms with Crippen molar-refractivity contribution in [2.75, 3.05) is 33.5 Å². The van der Waals surface area contributed by atoms with Crippen molar-refractivity contribution in [3.8, 4) is 22.5 Å². The number of fused-ring (bicyclic) bond motifs is 6. The minimum absolute atomic E-state index is 0.119. The predicted molar refractivity (Wildman–Crippen MR) is 212 cm³/mol. The number of cyclic esters (lactones) is 1. The molecule has 55 heavy (non-hydrogen) atoms. The van der Waals surface area contributed by atoms with Gasteiger partial charge in [0.25, 0.3) is 5.91 Å². The Labute approximate surface area is 327 Å². The molecule has 1 saturated heterocycles. The first-order valence-electron chi connectivity index (χ1n) is 19.6. The minimum atomic E-state index is -0.842. The van der Waals surface area contributed by atoms with Crippen LogP contribution < -0.4 is 10.7 Å². The lowest BCUT2D eigenvalue weighted by Gasteiger charge is -2.35. The molecule has 0 spiro atoms. The van der Waals surface area contributed by atoms with Crippen LogP contribution in [-0.2, 0) is 48.0 Å². The molecule has 6 atom stereocenters. The highest BCUT2D eigenvalue weighted by Crippen LogP contribution is 2.46. The van der Waals surface area contributed by atoms with E-state index in [1.54, 1.807) is 13.3 Å². The van der Waals surface area contributed by atoms with Crippen molar-refractivity contribution < 1.29 is 28.6 Å². The Morgan fingerprint density at radius 1 is 1.20 bits per heavy atom. The quantitative estimate of drug-likeness (QED) is 0.152. The van der Waals surface area contributed by atoms with Crippen molar-refractivity contribution in [2.45, 2.75) is 92.0 Å². The van der Waals surface area contributed by atoms with Gasteiger partial charge in [0.1, 0.15) is 12.1 Å². The second-order valence-electron chi connectivity index (χ2n) is 16.1. The number of hydrogen-bond donors (Lipinski definition) is 2. The fraction of sp³-hybridized carbons (Fsp3) is 0.548. The molecule has 1 saturated carbocycles. The van der Waals surface area contributed by atoms with E-state index in [0.29, 0.717) is 45.6 Å². The standard InChI is InChI=1S/C42H54N6O6S/c1-8-53-18-17-47-34-14-13-27-19-29(34)30(38(47)28-11-9-15-43-37(28)26(4)52-7)21-42(5,6)23-54-41(51)31-12-10-16-48(46-31)40(50)32(20-35-44-33(27)22-55-35)45-39(49)36-24(2)25(36)3/h9,11,13-15,19,22,24-26,31-32,36,46H,8,10,12,16-18,20-21,23H2,1-7H3,(H,45,49)/t24-,25+,26-,31-,32-,36?/m0/s1. The Bertz CT molecular complexity index is 2050. The van der Waals surface area contributed by atoms with Gasteiger partial charge in [-0.1, -0.05) is 33.8 Å². The molecule has 3 aliphatic rings. The van der Waals surface area contributed by atoms with E-state index in [9.17, 15) is 14.4 Å². The van der Waals surface area contributed by atoms with Crippen LogP contribution in [0.2, 0.25) is 0 Å². The van der Waals surface area contributed by atoms with Gasteiger partial charge in [0, 0.05) is 78.2 Å². The van der Waals surface area contributed by atoms with E-state index in [1.165, 1.54) is 16.3 Å². The topological polar surface area (TPSA) is 137 Å². The Morgan fingerprint density at radius 3 is 2.75 bits per heavy atom. The fourth-order valence-electron chi connectivity index (χ4n) is 8.18. The normalized spacial score (nSPS) is 24.6. The Morgan fingerprint density at radius 2 is 2.00 bits per heavy atom. The van der Waals surface area contributed by atoms with Crippen molar-refractivity contribution in [3.05, 3.63) is 58.2 Å². The summed E-state index contributed by atoms with van der Waals surface area (Å²) in [7, 11) is 1.69. The smallest absolute Gasteiger partial charge is 0.324 e. The van der Waals surface area contributed by atoms with Crippen LogP contribution in [0, 0.1) is 23.2 Å². The van der Waals surface area contributed by atoms with Crippen LogP contribution in [0.4, 0.5) is 0 Å². The number of rotatable bonds is 9. The third-order valence-electron chi connectivity index (χ3n) is 11.6. The molecule has 1 aliphatic carbocycles. The number of ether oxygens (including phenoxy) is 3. The average molecular weight is 771 g/mol. The number of hydrazine groups is 1. The number of thiazole rings is 1. The second-order valence-corrected chi connectivity index (χ2v) is 17.1. The van der Waals surface area contributed by atoms with Gasteiger partial charge in [-0.15, -0.1) is 11.3 Å². The van der Waals surface area contributed by atoms with E-state index in [1.807, 2.05) is 25.3 Å². The summed E-state index contributed by atoms with van der Waals surface area (Å²) in [4.78, 5) is 51.1. The molecule has 4 aromatic rings. The summed E-state index contributed by atoms with van der Waals surface area (Å²) in [5.74, 6) is -0.399. The maximum atomic E-state index is 14.1. The maximum Gasteiger partial charge on any atom is 0.324 e. The SMILES string of the molecule is CCOCCn1c(-c2cccnc2[C@H](C)OC)c2c3cc(ccc31)-c1csc(n1)C[C@H](NC(=O)C1[C@@H](C)[C@H]1C)C(=O)N1CCC[C@H](N1)C(=O)OCC(C)(C)C2. The van der Waals surface area contributed by atoms with Crippen molar-refractivity contribution in [1.29, 1.82) is 0 Å². The summed E-state index contributed by atoms with van der Waals surface area (Å²) < 4.78 is 20.1. The Kier molecular flexibility index (Phi) is 11.5. The van der Waals surface area contributed by atoms with Crippen molar-refractivity contribution in [3.63, 3.8) is 0 Å². The van der Waals surface area contributed by atoms with Crippen LogP contribution in [0.25, 0.3) is 33.4 Å². The first-order valence-corrected chi connectivity index (χ1v) is 20.5. The number of methoxy groups -OCH3 is 1. The molecule has 2 N–H and O–H groups in total. The van der Waals surface area contributed by atoms with E-state index in [-0.39, 0.29) is 48.7 Å². The molecule has 2 amide bonds. The molecule has 1 unspecified atom stereocenters. The average Bonchev–Trinajstić information content (AvgIpc) is 3.45. The summed E-state index contributed by atoms with van der Waals surface area (Å²) in [5.41, 5.74) is 9.44. The van der Waals surface area contributed by atoms with Gasteiger partial charge in [-0.3, -0.25) is 24.4 Å². The number of aromatic nitrogens is 3. The van der Waals surface area contributed by atoms with Crippen LogP contribution in [0.1, 0.15) is 76.8 Å². The number of hydrogen-bond acceptors (Lipinski definition) is 10. The summed E-state index contributed by atoms with van der Waals surface area (Å²) in [6.45, 7) is 14.7. The van der Waals surface area contributed by atoms with Gasteiger partial charge in [-0.25, -0.2) is 10.4 Å². The van der Waals surface area contributed by atoms with Crippen molar-refractivity contribution >= 4 is 40.0 Å². The molecule has 13 heteroatoms. The van der Waals surface area contributed by atoms with Gasteiger partial charge in [0.2, 0.25) is 5.91 Å². The number of esters is 1. The molecular formula is C42H54N6O6S. The fourth-order valence-corrected chi connectivity index (χ4v) is 9.03. The lowest BCUT2D eigenvalue weighted by atomic mass is 9.84. The second kappa shape index (κ2) is 16.1. The highest BCUT2D eigenvalue weighted by Gasteiger charge is 2.49. The Balaban J connectivity index is 1.36. The van der Waals surface area contributed by atoms with E-state index in [2.05, 4.69) is 67.3 Å². The van der Waals surface area contributed by atoms with Gasteiger partial charge in [-0.05, 0) is 74.8 Å². The van der Waals surface area contributed by atoms with Crippen LogP contribution in [0.15, 0.2) is 41.9 Å². The molecule has 12 nitrogen and oxygen atoms in total. The van der Waals surface area contributed by atoms with Crippen molar-refractivity contribution in [1.82, 2.24) is 30.3 Å². The number of carbonyl (C=O) groups is 3. The van der Waals surface area contributed by atoms with Crippen LogP contribution in [-0.4, -0.2) is 82.9 Å². The van der Waals surface area contributed by atoms with Crippen LogP contribution >= 0.6 is 11.3 Å². The summed E-state index contributed by atoms with van der Waals surface area (Å²) >= 11 is 1.48. The first-order chi connectivity index (χ1) is 26.4. The van der Waals surface area contributed by atoms with Crippen LogP contribution in [0.5, 0.6) is 0 Å². The summed E-state index contributed by atoms with van der Waals surface area (Å²) in [6, 6.07) is 8.97. The van der Waals surface area contributed by atoms with E-state index >= 15 is 0 Å². The molecule has 5 heterocycles. The molecular weight excluding hydrogens is 717 g/mol. The molecule has 1 aromatic carbocycles. The highest BCUT2D eigenvalue weighted by molar-refractivity contribution is 7.10. The number of pyridine rings is 1. The zero-order chi connectivity index (χ0) is 39.0. The third kappa shape index (κ3) is 8.07. The summed E-state index contributed by atoms with van der Waals surface area (Å²) in [6.07, 6.45) is 3.54. The molecule has 3 aromatic heterocycles. The van der Waals surface area contributed by atoms with Gasteiger partial charge < -0.3 is 24.1 Å². The molecule has 6 bridgehead atoms. The van der Waals surface area contributed by atoms with Crippen LogP contribution in [0.3, 0.4) is 0 Å². The lowest BCUT2D eigenvalue weighted by molar-refractivity contribution is -0.155. The Hall–Kier alpha value is -4.17. The zero-order valence-corrected chi connectivity index (χ0v) is 33.8. The lowest BCUT2D eigenvalue weighted by Crippen LogP contribution is -2.60. The predicted octanol–water partition coefficient (Wildman–Crippen LogP) is 6.12. The van der Waals surface area contributed by atoms with Crippen molar-refractivity contribution in [2.24, 2.45) is 23.2 Å². The monoisotopic (exact) mass is 770 g/mol. The number of nitrogens with zero attached hydrogens (tertiary/aromatic N) is 4. The first kappa shape index (κ1) is 39.1. The number of amides is 2. The minimum Gasteiger partial charge on any atom is -0.464 e. The van der Waals surface area contributed by atoms with E-state index in [0.717, 1.165) is 49.7 Å². The van der Waals surface area contributed by atoms with Gasteiger partial charge in [0.15, 0.2) is 0 Å². The van der Waals surface area contributed by atoms with E-state index < -0.39 is 23.5 Å². The number of nitrogens with one attached hydrogen (secondary N) is 2. The number of carbonyl (C=O) groups excluding carboxylic acids is 3. The van der Waals surface area contributed by atoms with E-state index in [4.69, 9.17) is 24.2 Å². The zero-order valence-electron chi connectivity index (χ0n) is 33.0. The molecule has 294 valence electrons. The highest BCUT2D eigenvalue weighted by atomic mass is 32.1. The van der Waals surface area contributed by atoms with Gasteiger partial charge in [0.05, 0.1) is 41.4 Å². The molecule has 2 fully saturated rings. The van der Waals surface area contributed by atoms with Gasteiger partial charge in [-0.2, -0.15) is 0 Å². The molecule has 7 rings (SSSR count). The third-order valence-corrected chi connectivity index (χ3v) is 12.5. The molecule has 0 radical (unpaired) electrons. The van der Waals surface area contributed by atoms with Gasteiger partial charge >= 0.3 is 5.97 Å². The largest absolute Gasteiger partial charge is 0.464 e. The molecule has 2 aliphatic heterocycles. The maximum absolute atomic E-state index is 14.1. The summed E-state index contributed by atoms with van der Waals surface area (Å²) in [5, 5.41) is 8.39. The number of benzene rings is 1.